The van der Waals surface area contributed by atoms with Crippen LogP contribution in [0.4, 0.5) is 0 Å². The van der Waals surface area contributed by atoms with E-state index in [4.69, 9.17) is 4.42 Å². The molecule has 0 saturated heterocycles. The molecular formula is C46H28O. The lowest BCUT2D eigenvalue weighted by Crippen LogP contribution is -1.88. The highest BCUT2D eigenvalue weighted by Gasteiger charge is 2.18. The van der Waals surface area contributed by atoms with Crippen LogP contribution in [0.5, 0.6) is 0 Å². The van der Waals surface area contributed by atoms with E-state index in [1.54, 1.807) is 0 Å². The fourth-order valence-corrected chi connectivity index (χ4v) is 7.64. The van der Waals surface area contributed by atoms with Crippen molar-refractivity contribution >= 4 is 65.0 Å². The molecule has 0 spiro atoms. The zero-order valence-electron chi connectivity index (χ0n) is 25.6. The van der Waals surface area contributed by atoms with Crippen molar-refractivity contribution in [1.82, 2.24) is 0 Å². The van der Waals surface area contributed by atoms with Crippen molar-refractivity contribution in [3.63, 3.8) is 0 Å². The summed E-state index contributed by atoms with van der Waals surface area (Å²) in [7, 11) is 0. The molecule has 10 rings (SSSR count). The molecule has 1 heterocycles. The van der Waals surface area contributed by atoms with E-state index in [9.17, 15) is 0 Å². The smallest absolute Gasteiger partial charge is 0.136 e. The standard InChI is InChI=1S/C46H28O/c1-3-11-29(12-4-1)33-25-34(30-13-5-2-6-14-30)27-35(26-33)32-19-21-38-40-22-24-43-46(44(40)39-18-10-9-17-37(39)41(38)28-32)45-36-16-8-7-15-31(36)20-23-42(45)47-43/h1-28H. The lowest BCUT2D eigenvalue weighted by Gasteiger charge is -2.15. The Morgan fingerprint density at radius 2 is 0.766 bits per heavy atom. The minimum absolute atomic E-state index is 0.927. The summed E-state index contributed by atoms with van der Waals surface area (Å²) >= 11 is 0. The number of benzene rings is 9. The maximum absolute atomic E-state index is 6.50. The molecule has 1 heteroatoms. The van der Waals surface area contributed by atoms with Crippen molar-refractivity contribution in [2.75, 3.05) is 0 Å². The summed E-state index contributed by atoms with van der Waals surface area (Å²) in [5.74, 6) is 0. The second-order valence-electron chi connectivity index (χ2n) is 12.5. The lowest BCUT2D eigenvalue weighted by atomic mass is 9.88. The third-order valence-electron chi connectivity index (χ3n) is 9.80. The first kappa shape index (κ1) is 26.1. The Bertz CT molecular complexity index is 2750. The van der Waals surface area contributed by atoms with E-state index in [1.807, 2.05) is 0 Å². The van der Waals surface area contributed by atoms with Crippen LogP contribution in [0, 0.1) is 0 Å². The first-order valence-corrected chi connectivity index (χ1v) is 16.2. The van der Waals surface area contributed by atoms with Crippen LogP contribution in [-0.4, -0.2) is 0 Å². The van der Waals surface area contributed by atoms with Gasteiger partial charge in [0.15, 0.2) is 0 Å². The fraction of sp³-hybridized carbons (Fsp3) is 0. The van der Waals surface area contributed by atoms with Crippen LogP contribution in [0.1, 0.15) is 0 Å². The Labute approximate surface area is 271 Å². The van der Waals surface area contributed by atoms with E-state index in [0.717, 1.165) is 11.2 Å². The summed E-state index contributed by atoms with van der Waals surface area (Å²) in [6.45, 7) is 0. The first-order valence-electron chi connectivity index (χ1n) is 16.2. The SMILES string of the molecule is c1ccc(-c2cc(-c3ccccc3)cc(-c3ccc4c(c3)c3ccccc3c3c4ccc4oc5ccc6ccccc6c5c43)c2)cc1. The van der Waals surface area contributed by atoms with Crippen molar-refractivity contribution in [3.8, 4) is 33.4 Å². The van der Waals surface area contributed by atoms with Crippen molar-refractivity contribution in [2.24, 2.45) is 0 Å². The number of furan rings is 1. The highest BCUT2D eigenvalue weighted by molar-refractivity contribution is 6.37. The first-order chi connectivity index (χ1) is 23.3. The van der Waals surface area contributed by atoms with Crippen LogP contribution in [0.15, 0.2) is 174 Å². The van der Waals surface area contributed by atoms with Crippen LogP contribution >= 0.6 is 0 Å². The summed E-state index contributed by atoms with van der Waals surface area (Å²) in [4.78, 5) is 0. The predicted molar refractivity (Wildman–Crippen MR) is 200 cm³/mol. The zero-order valence-corrected chi connectivity index (χ0v) is 25.6. The average molecular weight is 597 g/mol. The number of hydrogen-bond donors (Lipinski definition) is 0. The molecule has 0 fully saturated rings. The van der Waals surface area contributed by atoms with Gasteiger partial charge in [0.1, 0.15) is 11.2 Å². The second kappa shape index (κ2) is 10.2. The Kier molecular flexibility index (Phi) is 5.64. The molecular weight excluding hydrogens is 569 g/mol. The average Bonchev–Trinajstić information content (AvgIpc) is 3.55. The van der Waals surface area contributed by atoms with Gasteiger partial charge in [0.05, 0.1) is 0 Å². The number of fused-ring (bicyclic) bond motifs is 12. The van der Waals surface area contributed by atoms with Gasteiger partial charge in [0.25, 0.3) is 0 Å². The van der Waals surface area contributed by atoms with Crippen molar-refractivity contribution in [1.29, 1.82) is 0 Å². The third-order valence-corrected chi connectivity index (χ3v) is 9.80. The molecule has 1 aromatic heterocycles. The van der Waals surface area contributed by atoms with Gasteiger partial charge in [-0.3, -0.25) is 0 Å². The molecule has 0 aliphatic heterocycles. The minimum atomic E-state index is 0.927. The number of hydrogen-bond acceptors (Lipinski definition) is 1. The van der Waals surface area contributed by atoms with E-state index in [-0.39, 0.29) is 0 Å². The van der Waals surface area contributed by atoms with E-state index in [2.05, 4.69) is 170 Å². The maximum Gasteiger partial charge on any atom is 0.136 e. The molecule has 0 N–H and O–H groups in total. The molecule has 0 bridgehead atoms. The Hall–Kier alpha value is -6.18. The highest BCUT2D eigenvalue weighted by atomic mass is 16.3. The van der Waals surface area contributed by atoms with Crippen molar-refractivity contribution in [2.45, 2.75) is 0 Å². The minimum Gasteiger partial charge on any atom is -0.456 e. The van der Waals surface area contributed by atoms with Gasteiger partial charge in [-0.25, -0.2) is 0 Å². The zero-order chi connectivity index (χ0) is 30.9. The van der Waals surface area contributed by atoms with Crippen LogP contribution < -0.4 is 0 Å². The van der Waals surface area contributed by atoms with Crippen molar-refractivity contribution in [3.05, 3.63) is 170 Å². The van der Waals surface area contributed by atoms with E-state index >= 15 is 0 Å². The quantitative estimate of drug-likeness (QED) is 0.185. The van der Waals surface area contributed by atoms with E-state index in [1.165, 1.54) is 87.2 Å². The van der Waals surface area contributed by atoms with Gasteiger partial charge in [0, 0.05) is 16.2 Å². The predicted octanol–water partition coefficient (Wildman–Crippen LogP) is 13.2. The summed E-state index contributed by atoms with van der Waals surface area (Å²) in [5.41, 5.74) is 9.13. The van der Waals surface area contributed by atoms with Crippen molar-refractivity contribution < 1.29 is 4.42 Å². The second-order valence-corrected chi connectivity index (χ2v) is 12.5. The van der Waals surface area contributed by atoms with E-state index in [0.29, 0.717) is 0 Å². The van der Waals surface area contributed by atoms with Gasteiger partial charge >= 0.3 is 0 Å². The van der Waals surface area contributed by atoms with Gasteiger partial charge in [-0.15, -0.1) is 0 Å². The maximum atomic E-state index is 6.50. The van der Waals surface area contributed by atoms with Gasteiger partial charge in [-0.2, -0.15) is 0 Å². The van der Waals surface area contributed by atoms with Gasteiger partial charge in [-0.05, 0) is 114 Å². The third kappa shape index (κ3) is 4.03. The summed E-state index contributed by atoms with van der Waals surface area (Å²) < 4.78 is 6.50. The molecule has 10 aromatic rings. The summed E-state index contributed by atoms with van der Waals surface area (Å²) in [6, 6.07) is 61.5. The summed E-state index contributed by atoms with van der Waals surface area (Å²) in [6.07, 6.45) is 0. The highest BCUT2D eigenvalue weighted by Crippen LogP contribution is 2.45. The largest absolute Gasteiger partial charge is 0.456 e. The monoisotopic (exact) mass is 596 g/mol. The van der Waals surface area contributed by atoms with E-state index < -0.39 is 0 Å². The molecule has 0 aliphatic carbocycles. The van der Waals surface area contributed by atoms with Crippen LogP contribution in [0.25, 0.3) is 98.4 Å². The van der Waals surface area contributed by atoms with Gasteiger partial charge < -0.3 is 4.42 Å². The Morgan fingerprint density at radius 1 is 0.255 bits per heavy atom. The van der Waals surface area contributed by atoms with Gasteiger partial charge in [-0.1, -0.05) is 127 Å². The molecule has 0 amide bonds. The Morgan fingerprint density at radius 3 is 1.49 bits per heavy atom. The lowest BCUT2D eigenvalue weighted by molar-refractivity contribution is 0.669. The molecule has 218 valence electrons. The molecule has 0 radical (unpaired) electrons. The Balaban J connectivity index is 1.28. The molecule has 0 atom stereocenters. The fourth-order valence-electron chi connectivity index (χ4n) is 7.64. The normalized spacial score (nSPS) is 11.8. The molecule has 0 aliphatic rings. The molecule has 1 nitrogen and oxygen atoms in total. The van der Waals surface area contributed by atoms with Crippen LogP contribution in [0.3, 0.4) is 0 Å². The number of rotatable bonds is 3. The topological polar surface area (TPSA) is 13.1 Å². The summed E-state index contributed by atoms with van der Waals surface area (Å²) in [5, 5.41) is 12.3. The molecule has 0 unspecified atom stereocenters. The van der Waals surface area contributed by atoms with Crippen LogP contribution in [-0.2, 0) is 0 Å². The molecule has 9 aromatic carbocycles. The molecule has 47 heavy (non-hydrogen) atoms. The van der Waals surface area contributed by atoms with Crippen LogP contribution in [0.2, 0.25) is 0 Å². The van der Waals surface area contributed by atoms with Gasteiger partial charge in [0.2, 0.25) is 0 Å². The molecule has 0 saturated carbocycles.